The number of nitrogens with one attached hydrogen (secondary N) is 2. The summed E-state index contributed by atoms with van der Waals surface area (Å²) in [6.45, 7) is 1.23. The SMILES string of the molecule is CN(C)Cc1ccccc1CNC(=O)c1cc2c([nH]c1=O)CCCC2. The Hall–Kier alpha value is -2.40. The van der Waals surface area contributed by atoms with Crippen LogP contribution in [0.25, 0.3) is 0 Å². The summed E-state index contributed by atoms with van der Waals surface area (Å²) in [4.78, 5) is 29.7. The van der Waals surface area contributed by atoms with Gasteiger partial charge in [0.2, 0.25) is 0 Å². The number of carbonyl (C=O) groups excluding carboxylic acids is 1. The summed E-state index contributed by atoms with van der Waals surface area (Å²) in [5, 5.41) is 2.90. The van der Waals surface area contributed by atoms with Crippen LogP contribution >= 0.6 is 0 Å². The molecule has 5 nitrogen and oxygen atoms in total. The fourth-order valence-electron chi connectivity index (χ4n) is 3.34. The van der Waals surface area contributed by atoms with Gasteiger partial charge in [-0.2, -0.15) is 0 Å². The first-order valence-corrected chi connectivity index (χ1v) is 8.79. The second-order valence-corrected chi connectivity index (χ2v) is 6.91. The molecule has 1 aliphatic carbocycles. The van der Waals surface area contributed by atoms with Gasteiger partial charge in [-0.1, -0.05) is 24.3 Å². The lowest BCUT2D eigenvalue weighted by atomic mass is 9.95. The Morgan fingerprint density at radius 3 is 2.64 bits per heavy atom. The lowest BCUT2D eigenvalue weighted by molar-refractivity contribution is 0.0949. The molecular weight excluding hydrogens is 314 g/mol. The average molecular weight is 339 g/mol. The highest BCUT2D eigenvalue weighted by Gasteiger charge is 2.17. The Bertz CT molecular complexity index is 824. The number of H-pyrrole nitrogens is 1. The quantitative estimate of drug-likeness (QED) is 0.878. The van der Waals surface area contributed by atoms with Crippen LogP contribution in [0, 0.1) is 0 Å². The number of hydrogen-bond acceptors (Lipinski definition) is 3. The fourth-order valence-corrected chi connectivity index (χ4v) is 3.34. The number of amides is 1. The number of fused-ring (bicyclic) bond motifs is 1. The smallest absolute Gasteiger partial charge is 0.261 e. The van der Waals surface area contributed by atoms with Crippen LogP contribution in [0.5, 0.6) is 0 Å². The molecule has 3 rings (SSSR count). The largest absolute Gasteiger partial charge is 0.348 e. The van der Waals surface area contributed by atoms with E-state index < -0.39 is 0 Å². The molecule has 132 valence electrons. The van der Waals surface area contributed by atoms with E-state index in [1.807, 2.05) is 32.3 Å². The van der Waals surface area contributed by atoms with Crippen molar-refractivity contribution in [1.29, 1.82) is 0 Å². The fraction of sp³-hybridized carbons (Fsp3) is 0.400. The van der Waals surface area contributed by atoms with Crippen LogP contribution in [0.15, 0.2) is 35.1 Å². The van der Waals surface area contributed by atoms with Crippen LogP contribution < -0.4 is 10.9 Å². The predicted octanol–water partition coefficient (Wildman–Crippen LogP) is 2.25. The minimum absolute atomic E-state index is 0.214. The topological polar surface area (TPSA) is 65.2 Å². The number of pyridine rings is 1. The molecule has 1 aliphatic rings. The Morgan fingerprint density at radius 1 is 1.16 bits per heavy atom. The lowest BCUT2D eigenvalue weighted by Crippen LogP contribution is -2.31. The molecule has 0 fully saturated rings. The molecule has 0 aliphatic heterocycles. The van der Waals surface area contributed by atoms with Gasteiger partial charge in [0, 0.05) is 18.8 Å². The molecule has 5 heteroatoms. The molecule has 0 bridgehead atoms. The molecule has 2 N–H and O–H groups in total. The first-order valence-electron chi connectivity index (χ1n) is 8.79. The third-order valence-corrected chi connectivity index (χ3v) is 4.63. The molecule has 25 heavy (non-hydrogen) atoms. The lowest BCUT2D eigenvalue weighted by Gasteiger charge is -2.16. The molecule has 0 atom stereocenters. The van der Waals surface area contributed by atoms with Gasteiger partial charge >= 0.3 is 0 Å². The zero-order chi connectivity index (χ0) is 17.8. The Balaban J connectivity index is 1.74. The van der Waals surface area contributed by atoms with Gasteiger partial charge < -0.3 is 15.2 Å². The number of aromatic nitrogens is 1. The standard InChI is InChI=1S/C20H25N3O2/c1-23(2)13-16-9-4-3-8-15(16)12-21-19(24)17-11-14-7-5-6-10-18(14)22-20(17)25/h3-4,8-9,11H,5-7,10,12-13H2,1-2H3,(H,21,24)(H,22,25). The second kappa shape index (κ2) is 7.66. The number of nitrogens with zero attached hydrogens (tertiary/aromatic N) is 1. The Kier molecular flexibility index (Phi) is 5.34. The van der Waals surface area contributed by atoms with Crippen molar-refractivity contribution in [1.82, 2.24) is 15.2 Å². The zero-order valence-corrected chi connectivity index (χ0v) is 14.9. The van der Waals surface area contributed by atoms with Crippen LogP contribution in [0.2, 0.25) is 0 Å². The third kappa shape index (κ3) is 4.17. The van der Waals surface area contributed by atoms with Crippen LogP contribution in [0.4, 0.5) is 0 Å². The van der Waals surface area contributed by atoms with Gasteiger partial charge in [-0.15, -0.1) is 0 Å². The van der Waals surface area contributed by atoms with E-state index in [1.165, 1.54) is 5.56 Å². The number of aromatic amines is 1. The van der Waals surface area contributed by atoms with Crippen LogP contribution in [-0.2, 0) is 25.9 Å². The molecule has 1 amide bonds. The van der Waals surface area contributed by atoms with E-state index in [1.54, 1.807) is 6.07 Å². The van der Waals surface area contributed by atoms with Crippen molar-refractivity contribution in [2.75, 3.05) is 14.1 Å². The summed E-state index contributed by atoms with van der Waals surface area (Å²) in [7, 11) is 4.03. The van der Waals surface area contributed by atoms with Crippen molar-refractivity contribution in [3.63, 3.8) is 0 Å². The van der Waals surface area contributed by atoms with Gasteiger partial charge in [0.05, 0.1) is 0 Å². The van der Waals surface area contributed by atoms with Gasteiger partial charge in [-0.25, -0.2) is 0 Å². The van der Waals surface area contributed by atoms with E-state index >= 15 is 0 Å². The normalized spacial score (nSPS) is 13.6. The molecule has 1 heterocycles. The highest BCUT2D eigenvalue weighted by molar-refractivity contribution is 5.94. The molecule has 2 aromatic rings. The van der Waals surface area contributed by atoms with Gasteiger partial charge in [-0.05, 0) is 62.5 Å². The summed E-state index contributed by atoms with van der Waals surface area (Å²) >= 11 is 0. The summed E-state index contributed by atoms with van der Waals surface area (Å²) in [5.41, 5.74) is 4.25. The molecule has 0 spiro atoms. The van der Waals surface area contributed by atoms with E-state index in [9.17, 15) is 9.59 Å². The van der Waals surface area contributed by atoms with E-state index in [-0.39, 0.29) is 17.0 Å². The molecule has 1 aromatic heterocycles. The monoisotopic (exact) mass is 339 g/mol. The summed E-state index contributed by atoms with van der Waals surface area (Å²) in [5.74, 6) is -0.311. The first kappa shape index (κ1) is 17.4. The number of aryl methyl sites for hydroxylation is 2. The number of carbonyl (C=O) groups is 1. The van der Waals surface area contributed by atoms with Crippen LogP contribution in [-0.4, -0.2) is 29.9 Å². The van der Waals surface area contributed by atoms with Gasteiger partial charge in [0.1, 0.15) is 5.56 Å². The highest BCUT2D eigenvalue weighted by atomic mass is 16.2. The van der Waals surface area contributed by atoms with E-state index in [4.69, 9.17) is 0 Å². The van der Waals surface area contributed by atoms with Crippen molar-refractivity contribution in [2.45, 2.75) is 38.8 Å². The van der Waals surface area contributed by atoms with Crippen molar-refractivity contribution in [3.05, 3.63) is 68.6 Å². The summed E-state index contributed by atoms with van der Waals surface area (Å²) in [6.07, 6.45) is 4.03. The summed E-state index contributed by atoms with van der Waals surface area (Å²) in [6, 6.07) is 9.81. The van der Waals surface area contributed by atoms with E-state index in [0.29, 0.717) is 6.54 Å². The minimum atomic E-state index is -0.311. The molecule has 1 aromatic carbocycles. The molecule has 0 saturated carbocycles. The number of benzene rings is 1. The van der Waals surface area contributed by atoms with Crippen molar-refractivity contribution >= 4 is 5.91 Å². The maximum absolute atomic E-state index is 12.5. The van der Waals surface area contributed by atoms with Gasteiger partial charge in [0.15, 0.2) is 0 Å². The third-order valence-electron chi connectivity index (χ3n) is 4.63. The Morgan fingerprint density at radius 2 is 1.88 bits per heavy atom. The maximum atomic E-state index is 12.5. The van der Waals surface area contributed by atoms with Crippen molar-refractivity contribution < 1.29 is 4.79 Å². The zero-order valence-electron chi connectivity index (χ0n) is 14.9. The number of hydrogen-bond donors (Lipinski definition) is 2. The minimum Gasteiger partial charge on any atom is -0.348 e. The average Bonchev–Trinajstić information content (AvgIpc) is 2.59. The highest BCUT2D eigenvalue weighted by Crippen LogP contribution is 2.18. The van der Waals surface area contributed by atoms with E-state index in [2.05, 4.69) is 21.3 Å². The predicted molar refractivity (Wildman–Crippen MR) is 98.7 cm³/mol. The Labute approximate surface area is 148 Å². The molecular formula is C20H25N3O2. The summed E-state index contributed by atoms with van der Waals surface area (Å²) < 4.78 is 0. The van der Waals surface area contributed by atoms with E-state index in [0.717, 1.165) is 49.0 Å². The number of rotatable bonds is 5. The van der Waals surface area contributed by atoms with Crippen LogP contribution in [0.3, 0.4) is 0 Å². The molecule has 0 saturated heterocycles. The molecule has 0 radical (unpaired) electrons. The van der Waals surface area contributed by atoms with Crippen molar-refractivity contribution in [3.8, 4) is 0 Å². The van der Waals surface area contributed by atoms with Gasteiger partial charge in [-0.3, -0.25) is 9.59 Å². The second-order valence-electron chi connectivity index (χ2n) is 6.91. The first-order chi connectivity index (χ1) is 12.0. The van der Waals surface area contributed by atoms with Crippen molar-refractivity contribution in [2.24, 2.45) is 0 Å². The maximum Gasteiger partial charge on any atom is 0.261 e. The van der Waals surface area contributed by atoms with Crippen LogP contribution in [0.1, 0.15) is 45.6 Å². The molecule has 0 unspecified atom stereocenters. The van der Waals surface area contributed by atoms with Gasteiger partial charge in [0.25, 0.3) is 11.5 Å².